The number of aliphatic hydroxyl groups is 4. The Morgan fingerprint density at radius 3 is 1.96 bits per heavy atom. The van der Waals surface area contributed by atoms with Crippen molar-refractivity contribution < 1.29 is 30.3 Å². The molecule has 0 atom stereocenters. The second-order valence-electron chi connectivity index (χ2n) is 7.42. The second kappa shape index (κ2) is 7.70. The van der Waals surface area contributed by atoms with Crippen LogP contribution in [0.3, 0.4) is 0 Å². The van der Waals surface area contributed by atoms with E-state index in [0.29, 0.717) is 17.7 Å². The summed E-state index contributed by atoms with van der Waals surface area (Å²) in [6.45, 7) is 7.55. The average molecular weight is 342 g/mol. The number of rotatable bonds is 5. The molecule has 0 amide bonds. The molecule has 0 heterocycles. The Balaban J connectivity index is 0.000000254. The molecule has 1 aromatic rings. The van der Waals surface area contributed by atoms with Gasteiger partial charge in [0, 0.05) is 29.4 Å². The zero-order valence-corrected chi connectivity index (χ0v) is 14.9. The van der Waals surface area contributed by atoms with E-state index in [-0.39, 0.29) is 36.4 Å². The minimum absolute atomic E-state index is 0.0486. The predicted molar refractivity (Wildman–Crippen MR) is 90.8 cm³/mol. The SMILES string of the molecule is CC1(C)CC(C)(C)C1(O)O.OCCOc1cccc(O)c1CCO. The first-order chi connectivity index (χ1) is 11.0. The topological polar surface area (TPSA) is 110 Å². The summed E-state index contributed by atoms with van der Waals surface area (Å²) in [5, 5.41) is 45.9. The highest BCUT2D eigenvalue weighted by Gasteiger charge is 2.64. The fourth-order valence-electron chi connectivity index (χ4n) is 3.37. The molecule has 24 heavy (non-hydrogen) atoms. The highest BCUT2D eigenvalue weighted by atomic mass is 16.5. The number of ether oxygens (including phenoxy) is 1. The second-order valence-corrected chi connectivity index (χ2v) is 7.42. The molecule has 0 unspecified atom stereocenters. The van der Waals surface area contributed by atoms with Crippen LogP contribution in [-0.2, 0) is 6.42 Å². The van der Waals surface area contributed by atoms with E-state index in [9.17, 15) is 15.3 Å². The maximum absolute atomic E-state index is 9.52. The summed E-state index contributed by atoms with van der Waals surface area (Å²) in [7, 11) is 0. The molecular formula is C18H30O6. The van der Waals surface area contributed by atoms with Gasteiger partial charge in [0.2, 0.25) is 0 Å². The van der Waals surface area contributed by atoms with Crippen molar-refractivity contribution in [3.8, 4) is 11.5 Å². The van der Waals surface area contributed by atoms with Gasteiger partial charge >= 0.3 is 0 Å². The Kier molecular flexibility index (Phi) is 6.64. The molecule has 2 rings (SSSR count). The van der Waals surface area contributed by atoms with E-state index in [1.165, 1.54) is 6.07 Å². The Labute approximate surface area is 143 Å². The number of benzene rings is 1. The molecule has 0 radical (unpaired) electrons. The van der Waals surface area contributed by atoms with Crippen LogP contribution in [-0.4, -0.2) is 51.1 Å². The summed E-state index contributed by atoms with van der Waals surface area (Å²) in [6.07, 6.45) is 1.21. The Bertz CT molecular complexity index is 520. The van der Waals surface area contributed by atoms with Crippen molar-refractivity contribution in [3.63, 3.8) is 0 Å². The monoisotopic (exact) mass is 342 g/mol. The molecule has 0 saturated heterocycles. The zero-order valence-electron chi connectivity index (χ0n) is 14.9. The summed E-state index contributed by atoms with van der Waals surface area (Å²) in [5.41, 5.74) is -0.101. The lowest BCUT2D eigenvalue weighted by Gasteiger charge is -2.60. The van der Waals surface area contributed by atoms with Gasteiger partial charge in [0.15, 0.2) is 5.79 Å². The highest BCUT2D eigenvalue weighted by molar-refractivity contribution is 5.44. The smallest absolute Gasteiger partial charge is 0.172 e. The molecule has 5 N–H and O–H groups in total. The molecular weight excluding hydrogens is 312 g/mol. The molecule has 1 fully saturated rings. The average Bonchev–Trinajstić information content (AvgIpc) is 2.47. The highest BCUT2D eigenvalue weighted by Crippen LogP contribution is 2.59. The molecule has 1 saturated carbocycles. The van der Waals surface area contributed by atoms with E-state index in [2.05, 4.69) is 0 Å². The van der Waals surface area contributed by atoms with Crippen molar-refractivity contribution in [1.82, 2.24) is 0 Å². The van der Waals surface area contributed by atoms with E-state index in [1.54, 1.807) is 12.1 Å². The van der Waals surface area contributed by atoms with Crippen molar-refractivity contribution in [1.29, 1.82) is 0 Å². The van der Waals surface area contributed by atoms with E-state index in [1.807, 2.05) is 27.7 Å². The Hall–Kier alpha value is -1.34. The number of aliphatic hydroxyl groups excluding tert-OH is 2. The van der Waals surface area contributed by atoms with Crippen LogP contribution in [0, 0.1) is 10.8 Å². The van der Waals surface area contributed by atoms with Gasteiger partial charge < -0.3 is 30.3 Å². The van der Waals surface area contributed by atoms with Gasteiger partial charge in [0.05, 0.1) is 6.61 Å². The van der Waals surface area contributed by atoms with Crippen molar-refractivity contribution in [2.24, 2.45) is 10.8 Å². The largest absolute Gasteiger partial charge is 0.508 e. The summed E-state index contributed by atoms with van der Waals surface area (Å²) in [5.74, 6) is -0.873. The minimum Gasteiger partial charge on any atom is -0.508 e. The van der Waals surface area contributed by atoms with Gasteiger partial charge in [0.1, 0.15) is 18.1 Å². The maximum Gasteiger partial charge on any atom is 0.172 e. The molecule has 0 aliphatic heterocycles. The summed E-state index contributed by atoms with van der Waals surface area (Å²) < 4.78 is 5.20. The number of phenolic OH excluding ortho intramolecular Hbond substituents is 1. The van der Waals surface area contributed by atoms with Crippen molar-refractivity contribution in [3.05, 3.63) is 23.8 Å². The van der Waals surface area contributed by atoms with Crippen LogP contribution < -0.4 is 4.74 Å². The van der Waals surface area contributed by atoms with Gasteiger partial charge in [-0.1, -0.05) is 33.8 Å². The van der Waals surface area contributed by atoms with Gasteiger partial charge in [-0.25, -0.2) is 0 Å². The van der Waals surface area contributed by atoms with E-state index < -0.39 is 5.79 Å². The predicted octanol–water partition coefficient (Wildman–Crippen LogP) is 1.42. The number of hydrogen-bond donors (Lipinski definition) is 5. The summed E-state index contributed by atoms with van der Waals surface area (Å²) in [6, 6.07) is 4.89. The molecule has 1 aliphatic rings. The third-order valence-corrected chi connectivity index (χ3v) is 4.59. The van der Waals surface area contributed by atoms with E-state index >= 15 is 0 Å². The van der Waals surface area contributed by atoms with Crippen LogP contribution in [0.15, 0.2) is 18.2 Å². The van der Waals surface area contributed by atoms with Crippen LogP contribution in [0.4, 0.5) is 0 Å². The van der Waals surface area contributed by atoms with Crippen LogP contribution >= 0.6 is 0 Å². The molecule has 6 heteroatoms. The zero-order chi connectivity index (χ0) is 18.6. The first-order valence-electron chi connectivity index (χ1n) is 8.10. The van der Waals surface area contributed by atoms with Crippen molar-refractivity contribution in [2.75, 3.05) is 19.8 Å². The van der Waals surface area contributed by atoms with E-state index in [4.69, 9.17) is 14.9 Å². The number of aromatic hydroxyl groups is 1. The maximum atomic E-state index is 9.52. The van der Waals surface area contributed by atoms with Crippen LogP contribution in [0.25, 0.3) is 0 Å². The molecule has 1 aromatic carbocycles. The summed E-state index contributed by atoms with van der Waals surface area (Å²) >= 11 is 0. The molecule has 0 spiro atoms. The van der Waals surface area contributed by atoms with Crippen molar-refractivity contribution >= 4 is 0 Å². The molecule has 1 aliphatic carbocycles. The fourth-order valence-corrected chi connectivity index (χ4v) is 3.37. The third kappa shape index (κ3) is 4.19. The van der Waals surface area contributed by atoms with Gasteiger partial charge in [-0.15, -0.1) is 0 Å². The van der Waals surface area contributed by atoms with Gasteiger partial charge in [-0.3, -0.25) is 0 Å². The van der Waals surface area contributed by atoms with Crippen molar-refractivity contribution in [2.45, 2.75) is 46.3 Å². The van der Waals surface area contributed by atoms with Crippen LogP contribution in [0.1, 0.15) is 39.7 Å². The Morgan fingerprint density at radius 2 is 1.58 bits per heavy atom. The van der Waals surface area contributed by atoms with Crippen LogP contribution in [0.5, 0.6) is 11.5 Å². The molecule has 0 bridgehead atoms. The van der Waals surface area contributed by atoms with E-state index in [0.717, 1.165) is 6.42 Å². The van der Waals surface area contributed by atoms with Crippen LogP contribution in [0.2, 0.25) is 0 Å². The lowest BCUT2D eigenvalue weighted by molar-refractivity contribution is -0.367. The Morgan fingerprint density at radius 1 is 1.00 bits per heavy atom. The molecule has 138 valence electrons. The lowest BCUT2D eigenvalue weighted by atomic mass is 9.51. The van der Waals surface area contributed by atoms with Gasteiger partial charge in [-0.2, -0.15) is 0 Å². The lowest BCUT2D eigenvalue weighted by Crippen LogP contribution is -2.66. The standard InChI is InChI=1S/C10H14O4.C8H16O2/c11-5-4-8-9(13)2-1-3-10(8)14-7-6-12;1-6(2)5-7(3,4)8(6,9)10/h1-3,11-13H,4-7H2;9-10H,5H2,1-4H3. The first kappa shape index (κ1) is 20.7. The van der Waals surface area contributed by atoms with Gasteiger partial charge in [0.25, 0.3) is 0 Å². The molecule has 6 nitrogen and oxygen atoms in total. The summed E-state index contributed by atoms with van der Waals surface area (Å²) in [4.78, 5) is 0. The fraction of sp³-hybridized carbons (Fsp3) is 0.667. The first-order valence-corrected chi connectivity index (χ1v) is 8.10. The molecule has 0 aromatic heterocycles. The normalized spacial score (nSPS) is 19.7. The quantitative estimate of drug-likeness (QED) is 0.518. The number of hydrogen-bond acceptors (Lipinski definition) is 6. The number of phenols is 1. The van der Waals surface area contributed by atoms with Gasteiger partial charge in [-0.05, 0) is 18.6 Å². The minimum atomic E-state index is -1.49. The third-order valence-electron chi connectivity index (χ3n) is 4.59.